The summed E-state index contributed by atoms with van der Waals surface area (Å²) in [6.45, 7) is 4.12. The van der Waals surface area contributed by atoms with E-state index in [9.17, 15) is 0 Å². The van der Waals surface area contributed by atoms with Gasteiger partial charge < -0.3 is 0 Å². The molecule has 0 heterocycles. The Balaban J connectivity index is 2.96. The number of hydrogen-bond acceptors (Lipinski definition) is 0. The summed E-state index contributed by atoms with van der Waals surface area (Å²) in [4.78, 5) is 0. The molecule has 0 amide bonds. The fourth-order valence-electron chi connectivity index (χ4n) is 1.04. The number of rotatable bonds is 2. The van der Waals surface area contributed by atoms with E-state index in [4.69, 9.17) is 0 Å². The van der Waals surface area contributed by atoms with Crippen molar-refractivity contribution >= 4 is 25.5 Å². The molecule has 0 N–H and O–H groups in total. The van der Waals surface area contributed by atoms with Crippen molar-refractivity contribution in [3.63, 3.8) is 0 Å². The first kappa shape index (κ1) is 7.46. The summed E-state index contributed by atoms with van der Waals surface area (Å²) in [5, 5.41) is 0. The van der Waals surface area contributed by atoms with Crippen molar-refractivity contribution in [1.82, 2.24) is 0 Å². The SMILES string of the molecule is C[B]c1ccccc1[B]C. The van der Waals surface area contributed by atoms with Crippen LogP contribution in [0.4, 0.5) is 0 Å². The molecule has 0 aromatic heterocycles. The van der Waals surface area contributed by atoms with Crippen molar-refractivity contribution in [2.75, 3.05) is 0 Å². The molecule has 1 aromatic rings. The molecule has 1 rings (SSSR count). The van der Waals surface area contributed by atoms with Gasteiger partial charge in [-0.2, -0.15) is 0 Å². The zero-order valence-electron chi connectivity index (χ0n) is 6.46. The lowest BCUT2D eigenvalue weighted by Crippen LogP contribution is -2.32. The topological polar surface area (TPSA) is 0 Å². The third-order valence-corrected chi connectivity index (χ3v) is 1.62. The van der Waals surface area contributed by atoms with Crippen LogP contribution in [0.15, 0.2) is 24.3 Å². The molecule has 0 atom stereocenters. The van der Waals surface area contributed by atoms with Gasteiger partial charge in [0.05, 0.1) is 0 Å². The fraction of sp³-hybridized carbons (Fsp3) is 0.250. The summed E-state index contributed by atoms with van der Waals surface area (Å²) in [6.07, 6.45) is 0. The summed E-state index contributed by atoms with van der Waals surface area (Å²) < 4.78 is 0. The Hall–Kier alpha value is -0.650. The lowest BCUT2D eigenvalue weighted by Gasteiger charge is -2.01. The lowest BCUT2D eigenvalue weighted by molar-refractivity contribution is 1.81. The Kier molecular flexibility index (Phi) is 2.61. The Morgan fingerprint density at radius 2 is 1.30 bits per heavy atom. The van der Waals surface area contributed by atoms with Gasteiger partial charge in [-0.1, -0.05) is 48.8 Å². The molecule has 0 spiro atoms. The van der Waals surface area contributed by atoms with Crippen LogP contribution >= 0.6 is 0 Å². The minimum absolute atomic E-state index is 1.31. The molecule has 0 saturated carbocycles. The highest BCUT2D eigenvalue weighted by Gasteiger charge is 1.95. The van der Waals surface area contributed by atoms with E-state index < -0.39 is 0 Å². The number of benzene rings is 1. The summed E-state index contributed by atoms with van der Waals surface area (Å²) >= 11 is 0. The van der Waals surface area contributed by atoms with Crippen molar-refractivity contribution in [1.29, 1.82) is 0 Å². The van der Waals surface area contributed by atoms with E-state index in [0.29, 0.717) is 0 Å². The van der Waals surface area contributed by atoms with E-state index in [-0.39, 0.29) is 0 Å². The van der Waals surface area contributed by atoms with Crippen LogP contribution in [-0.2, 0) is 0 Å². The Morgan fingerprint density at radius 1 is 0.900 bits per heavy atom. The average Bonchev–Trinajstić information content (AvgIpc) is 2.04. The average molecular weight is 128 g/mol. The summed E-state index contributed by atoms with van der Waals surface area (Å²) in [5.74, 6) is 0. The second-order valence-electron chi connectivity index (χ2n) is 2.21. The van der Waals surface area contributed by atoms with Crippen molar-refractivity contribution < 1.29 is 0 Å². The van der Waals surface area contributed by atoms with E-state index in [1.807, 2.05) is 0 Å². The molecule has 0 aliphatic heterocycles. The van der Waals surface area contributed by atoms with Crippen molar-refractivity contribution in [2.45, 2.75) is 13.6 Å². The van der Waals surface area contributed by atoms with Crippen molar-refractivity contribution in [3.8, 4) is 0 Å². The van der Waals surface area contributed by atoms with E-state index >= 15 is 0 Å². The molecule has 48 valence electrons. The van der Waals surface area contributed by atoms with Crippen LogP contribution < -0.4 is 10.9 Å². The van der Waals surface area contributed by atoms with Gasteiger partial charge in [-0.15, -0.1) is 0 Å². The largest absolute Gasteiger partial charge is 0.147 e. The zero-order valence-corrected chi connectivity index (χ0v) is 6.46. The van der Waals surface area contributed by atoms with E-state index in [0.717, 1.165) is 0 Å². The van der Waals surface area contributed by atoms with Gasteiger partial charge in [0.25, 0.3) is 0 Å². The Labute approximate surface area is 64.1 Å². The maximum absolute atomic E-state index is 2.12. The first-order valence-corrected chi connectivity index (χ1v) is 3.56. The zero-order chi connectivity index (χ0) is 7.40. The highest BCUT2D eigenvalue weighted by molar-refractivity contribution is 6.65. The first-order valence-electron chi connectivity index (χ1n) is 3.56. The second kappa shape index (κ2) is 3.50. The van der Waals surface area contributed by atoms with Gasteiger partial charge >= 0.3 is 0 Å². The third-order valence-electron chi connectivity index (χ3n) is 1.62. The molecule has 2 radical (unpaired) electrons. The lowest BCUT2D eigenvalue weighted by atomic mass is 9.60. The summed E-state index contributed by atoms with van der Waals surface area (Å²) in [5.41, 5.74) is 2.62. The number of hydrogen-bond donors (Lipinski definition) is 0. The van der Waals surface area contributed by atoms with E-state index in [1.54, 1.807) is 0 Å². The molecule has 10 heavy (non-hydrogen) atoms. The molecule has 0 saturated heterocycles. The molecule has 0 fully saturated rings. The monoisotopic (exact) mass is 128 g/mol. The predicted molar refractivity (Wildman–Crippen MR) is 48.9 cm³/mol. The molecule has 0 bridgehead atoms. The maximum Gasteiger partial charge on any atom is 0.147 e. The molecule has 1 aromatic carbocycles. The first-order chi connectivity index (χ1) is 4.88. The van der Waals surface area contributed by atoms with Crippen LogP contribution in [0.3, 0.4) is 0 Å². The molecule has 0 nitrogen and oxygen atoms in total. The summed E-state index contributed by atoms with van der Waals surface area (Å²) in [6, 6.07) is 8.36. The van der Waals surface area contributed by atoms with Gasteiger partial charge in [0, 0.05) is 0 Å². The fourth-order valence-corrected chi connectivity index (χ4v) is 1.04. The van der Waals surface area contributed by atoms with Crippen molar-refractivity contribution in [2.24, 2.45) is 0 Å². The van der Waals surface area contributed by atoms with Gasteiger partial charge in [0.2, 0.25) is 0 Å². The van der Waals surface area contributed by atoms with Crippen LogP contribution in [0.5, 0.6) is 0 Å². The smallest absolute Gasteiger partial charge is 0.0942 e. The molecule has 0 aliphatic rings. The normalized spacial score (nSPS) is 9.00. The van der Waals surface area contributed by atoms with Gasteiger partial charge in [-0.3, -0.25) is 0 Å². The minimum atomic E-state index is 1.31. The standard InChI is InChI=1S/C8H10B2/c1-9-7-5-3-4-6-8(7)10-2/h3-6H,1-2H3. The van der Waals surface area contributed by atoms with Crippen LogP contribution in [0.25, 0.3) is 0 Å². The Bertz CT molecular complexity index is 185. The second-order valence-corrected chi connectivity index (χ2v) is 2.21. The van der Waals surface area contributed by atoms with Crippen LogP contribution in [-0.4, -0.2) is 14.6 Å². The Morgan fingerprint density at radius 3 is 1.60 bits per heavy atom. The van der Waals surface area contributed by atoms with Crippen LogP contribution in [0, 0.1) is 0 Å². The van der Waals surface area contributed by atoms with Gasteiger partial charge in [0.1, 0.15) is 14.6 Å². The molecular formula is C8H10B2. The van der Waals surface area contributed by atoms with E-state index in [2.05, 4.69) is 52.5 Å². The molecule has 2 heteroatoms. The molecule has 0 unspecified atom stereocenters. The highest BCUT2D eigenvalue weighted by atomic mass is 13.8. The van der Waals surface area contributed by atoms with Crippen LogP contribution in [0.1, 0.15) is 0 Å². The van der Waals surface area contributed by atoms with Gasteiger partial charge in [-0.25, -0.2) is 0 Å². The minimum Gasteiger partial charge on any atom is -0.0942 e. The highest BCUT2D eigenvalue weighted by Crippen LogP contribution is 1.78. The summed E-state index contributed by atoms with van der Waals surface area (Å²) in [7, 11) is 4.24. The van der Waals surface area contributed by atoms with Crippen LogP contribution in [0.2, 0.25) is 13.6 Å². The van der Waals surface area contributed by atoms with Gasteiger partial charge in [0.15, 0.2) is 0 Å². The van der Waals surface area contributed by atoms with Crippen molar-refractivity contribution in [3.05, 3.63) is 24.3 Å². The predicted octanol–water partition coefficient (Wildman–Crippen LogP) is 0.442. The third kappa shape index (κ3) is 1.44. The molecule has 0 aliphatic carbocycles. The van der Waals surface area contributed by atoms with E-state index in [1.165, 1.54) is 10.9 Å². The van der Waals surface area contributed by atoms with Gasteiger partial charge in [-0.05, 0) is 0 Å². The quantitative estimate of drug-likeness (QED) is 0.506. The molecular weight excluding hydrogens is 118 g/mol. The maximum atomic E-state index is 2.12.